The summed E-state index contributed by atoms with van der Waals surface area (Å²) in [6.45, 7) is 6.72. The molecule has 0 unspecified atom stereocenters. The molecule has 0 aliphatic carbocycles. The van der Waals surface area contributed by atoms with E-state index in [1.54, 1.807) is 11.0 Å². The maximum atomic E-state index is 14.7. The van der Waals surface area contributed by atoms with Crippen molar-refractivity contribution in [2.24, 2.45) is 0 Å². The number of carbonyl (C=O) groups excluding carboxylic acids is 1. The fourth-order valence-corrected chi connectivity index (χ4v) is 4.83. The van der Waals surface area contributed by atoms with E-state index >= 15 is 0 Å². The van der Waals surface area contributed by atoms with E-state index in [0.717, 1.165) is 11.3 Å². The maximum absolute atomic E-state index is 14.7. The van der Waals surface area contributed by atoms with Crippen molar-refractivity contribution in [2.45, 2.75) is 44.8 Å². The first kappa shape index (κ1) is 20.7. The SMILES string of the molecule is C[N+]1=C2C(=C1)C1(CCN(C(=O)c3ccc(OC(C)(C)C)cc3F)CC1)Oc1ccccc12. The number of halogens is 1. The minimum atomic E-state index is -0.557. The van der Waals surface area contributed by atoms with Gasteiger partial charge < -0.3 is 14.4 Å². The van der Waals surface area contributed by atoms with Gasteiger partial charge >= 0.3 is 0 Å². The van der Waals surface area contributed by atoms with Crippen LogP contribution in [-0.4, -0.2) is 52.4 Å². The van der Waals surface area contributed by atoms with Gasteiger partial charge in [-0.3, -0.25) is 4.79 Å². The zero-order valence-corrected chi connectivity index (χ0v) is 18.9. The zero-order valence-electron chi connectivity index (χ0n) is 18.9. The fourth-order valence-electron chi connectivity index (χ4n) is 4.83. The second-order valence-electron chi connectivity index (χ2n) is 9.74. The summed E-state index contributed by atoms with van der Waals surface area (Å²) in [6.07, 6.45) is 3.46. The average molecular weight is 436 g/mol. The third-order valence-electron chi connectivity index (χ3n) is 6.32. The predicted octanol–water partition coefficient (Wildman–Crippen LogP) is 4.40. The van der Waals surface area contributed by atoms with Crippen molar-refractivity contribution in [3.63, 3.8) is 0 Å². The Morgan fingerprint density at radius 3 is 2.53 bits per heavy atom. The van der Waals surface area contributed by atoms with Crippen LogP contribution in [0.15, 0.2) is 54.2 Å². The van der Waals surface area contributed by atoms with E-state index in [1.807, 2.05) is 46.0 Å². The largest absolute Gasteiger partial charge is 0.488 e. The highest BCUT2D eigenvalue weighted by Gasteiger charge is 2.53. The van der Waals surface area contributed by atoms with Crippen LogP contribution in [0.1, 0.15) is 49.5 Å². The molecule has 0 aromatic heterocycles. The number of nitrogens with zero attached hydrogens (tertiary/aromatic N) is 2. The lowest BCUT2D eigenvalue weighted by molar-refractivity contribution is -0.437. The summed E-state index contributed by atoms with van der Waals surface area (Å²) in [6, 6.07) is 12.5. The first-order valence-corrected chi connectivity index (χ1v) is 11.1. The molecule has 1 spiro atoms. The Hall–Kier alpha value is -3.15. The van der Waals surface area contributed by atoms with Crippen LogP contribution in [0.5, 0.6) is 11.5 Å². The van der Waals surface area contributed by atoms with Gasteiger partial charge in [-0.1, -0.05) is 12.1 Å². The smallest absolute Gasteiger partial charge is 0.256 e. The van der Waals surface area contributed by atoms with Crippen LogP contribution in [0.2, 0.25) is 0 Å². The van der Waals surface area contributed by atoms with Crippen molar-refractivity contribution in [1.29, 1.82) is 0 Å². The number of rotatable bonds is 2. The fraction of sp³-hybridized carbons (Fsp3) is 0.385. The number of piperidine rings is 1. The first-order chi connectivity index (χ1) is 15.2. The third-order valence-corrected chi connectivity index (χ3v) is 6.32. The zero-order chi connectivity index (χ0) is 22.7. The van der Waals surface area contributed by atoms with Crippen LogP contribution in [0.3, 0.4) is 0 Å². The molecule has 3 aliphatic heterocycles. The Balaban J connectivity index is 1.33. The van der Waals surface area contributed by atoms with Gasteiger partial charge in [0, 0.05) is 32.0 Å². The summed E-state index contributed by atoms with van der Waals surface area (Å²) >= 11 is 0. The molecule has 0 atom stereocenters. The van der Waals surface area contributed by atoms with E-state index in [-0.39, 0.29) is 11.5 Å². The molecule has 0 saturated carbocycles. The number of benzene rings is 2. The highest BCUT2D eigenvalue weighted by Crippen LogP contribution is 2.45. The van der Waals surface area contributed by atoms with Gasteiger partial charge in [0.2, 0.25) is 5.71 Å². The van der Waals surface area contributed by atoms with E-state index in [0.29, 0.717) is 31.7 Å². The molecule has 1 fully saturated rings. The van der Waals surface area contributed by atoms with Gasteiger partial charge in [0.25, 0.3) is 5.91 Å². The number of hydrogen-bond donors (Lipinski definition) is 0. The number of amides is 1. The van der Waals surface area contributed by atoms with Crippen LogP contribution in [0.4, 0.5) is 4.39 Å². The number of likely N-dealkylation sites (tertiary alicyclic amines) is 1. The number of carbonyl (C=O) groups is 1. The van der Waals surface area contributed by atoms with Gasteiger partial charge in [-0.25, -0.2) is 4.39 Å². The molecule has 5 rings (SSSR count). The van der Waals surface area contributed by atoms with E-state index in [2.05, 4.69) is 16.8 Å². The van der Waals surface area contributed by atoms with Crippen molar-refractivity contribution >= 4 is 11.6 Å². The van der Waals surface area contributed by atoms with Crippen molar-refractivity contribution in [2.75, 3.05) is 20.1 Å². The van der Waals surface area contributed by atoms with Crippen LogP contribution < -0.4 is 9.47 Å². The number of hydrogen-bond acceptors (Lipinski definition) is 3. The lowest BCUT2D eigenvalue weighted by Gasteiger charge is -2.46. The minimum Gasteiger partial charge on any atom is -0.488 e. The second-order valence-corrected chi connectivity index (χ2v) is 9.74. The lowest BCUT2D eigenvalue weighted by atomic mass is 9.75. The molecule has 2 aromatic carbocycles. The van der Waals surface area contributed by atoms with Crippen molar-refractivity contribution in [3.8, 4) is 11.5 Å². The Bertz CT molecular complexity index is 1170. The van der Waals surface area contributed by atoms with E-state index in [9.17, 15) is 9.18 Å². The number of fused-ring (bicyclic) bond motifs is 4. The average Bonchev–Trinajstić information content (AvgIpc) is 2.72. The molecule has 6 heteroatoms. The second kappa shape index (κ2) is 7.19. The van der Waals surface area contributed by atoms with E-state index < -0.39 is 17.0 Å². The molecule has 0 bridgehead atoms. The standard InChI is InChI=1S/C26H28FN2O3/c1-25(2,3)31-17-9-10-18(21(27)15-17)24(30)29-13-11-26(12-14-29)20-16-28(4)23(20)19-7-5-6-8-22(19)32-26/h5-10,15-16H,11-14H2,1-4H3/q+1. The Morgan fingerprint density at radius 1 is 1.16 bits per heavy atom. The van der Waals surface area contributed by atoms with E-state index in [1.165, 1.54) is 23.4 Å². The molecule has 0 N–H and O–H groups in total. The minimum absolute atomic E-state index is 0.0759. The van der Waals surface area contributed by atoms with Crippen molar-refractivity contribution in [1.82, 2.24) is 4.90 Å². The Labute approximate surface area is 187 Å². The molecule has 1 saturated heterocycles. The monoisotopic (exact) mass is 435 g/mol. The Kier molecular flexibility index (Phi) is 4.66. The van der Waals surface area contributed by atoms with Gasteiger partial charge in [0.15, 0.2) is 6.20 Å². The molecule has 0 radical (unpaired) electrons. The number of para-hydroxylation sites is 1. The predicted molar refractivity (Wildman–Crippen MR) is 120 cm³/mol. The molecule has 3 aliphatic rings. The summed E-state index contributed by atoms with van der Waals surface area (Å²) < 4.78 is 29.1. The van der Waals surface area contributed by atoms with Crippen LogP contribution in [0.25, 0.3) is 0 Å². The van der Waals surface area contributed by atoms with Gasteiger partial charge in [-0.05, 0) is 45.0 Å². The quantitative estimate of drug-likeness (QED) is 0.657. The van der Waals surface area contributed by atoms with Crippen LogP contribution in [-0.2, 0) is 0 Å². The summed E-state index contributed by atoms with van der Waals surface area (Å²) in [7, 11) is 2.04. The highest BCUT2D eigenvalue weighted by molar-refractivity contribution is 6.15. The maximum Gasteiger partial charge on any atom is 0.256 e. The molecule has 1 amide bonds. The topological polar surface area (TPSA) is 41.8 Å². The normalized spacial score (nSPS) is 18.9. The lowest BCUT2D eigenvalue weighted by Crippen LogP contribution is -2.56. The van der Waals surface area contributed by atoms with E-state index in [4.69, 9.17) is 9.47 Å². The molecule has 166 valence electrons. The molecular weight excluding hydrogens is 407 g/mol. The highest BCUT2D eigenvalue weighted by atomic mass is 19.1. The Morgan fingerprint density at radius 2 is 1.88 bits per heavy atom. The van der Waals surface area contributed by atoms with Crippen LogP contribution >= 0.6 is 0 Å². The van der Waals surface area contributed by atoms with Crippen molar-refractivity contribution < 1.29 is 23.2 Å². The van der Waals surface area contributed by atoms with Crippen LogP contribution in [0, 0.1) is 5.82 Å². The van der Waals surface area contributed by atoms with Gasteiger partial charge in [0.1, 0.15) is 41.1 Å². The molecule has 5 nitrogen and oxygen atoms in total. The third kappa shape index (κ3) is 3.38. The van der Waals surface area contributed by atoms with Gasteiger partial charge in [0.05, 0.1) is 11.1 Å². The molecule has 3 heterocycles. The summed E-state index contributed by atoms with van der Waals surface area (Å²) in [5.74, 6) is 0.451. The van der Waals surface area contributed by atoms with Gasteiger partial charge in [-0.15, -0.1) is 0 Å². The molecule has 2 aromatic rings. The van der Waals surface area contributed by atoms with Crippen molar-refractivity contribution in [3.05, 3.63) is 71.2 Å². The summed E-state index contributed by atoms with van der Waals surface area (Å²) in [5.41, 5.74) is 2.71. The number of ether oxygens (including phenoxy) is 2. The first-order valence-electron chi connectivity index (χ1n) is 11.1. The van der Waals surface area contributed by atoms with Gasteiger partial charge in [-0.2, -0.15) is 4.58 Å². The summed E-state index contributed by atoms with van der Waals surface area (Å²) in [4.78, 5) is 14.8. The summed E-state index contributed by atoms with van der Waals surface area (Å²) in [5, 5.41) is 0. The molecular formula is C26H28FN2O3+. The molecule has 32 heavy (non-hydrogen) atoms.